The lowest BCUT2D eigenvalue weighted by molar-refractivity contribution is -0.165. The van der Waals surface area contributed by atoms with Gasteiger partial charge in [-0.15, -0.1) is 0 Å². The fourth-order valence-electron chi connectivity index (χ4n) is 0.280. The van der Waals surface area contributed by atoms with Crippen LogP contribution in [0.5, 0.6) is 0 Å². The summed E-state index contributed by atoms with van der Waals surface area (Å²) in [5.41, 5.74) is 0. The van der Waals surface area contributed by atoms with Crippen molar-refractivity contribution in [3.05, 3.63) is 0 Å². The zero-order valence-electron chi connectivity index (χ0n) is 5.64. The number of hydrogen-bond donors (Lipinski definition) is 2. The lowest BCUT2D eigenvalue weighted by atomic mass is 10.4. The lowest BCUT2D eigenvalue weighted by Crippen LogP contribution is -2.27. The number of ether oxygens (including phenoxy) is 1. The molecule has 0 radical (unpaired) electrons. The Morgan fingerprint density at radius 1 is 1.08 bits per heavy atom. The van der Waals surface area contributed by atoms with Gasteiger partial charge in [0.15, 0.2) is 6.61 Å². The van der Waals surface area contributed by atoms with Gasteiger partial charge < -0.3 is 14.9 Å². The Morgan fingerprint density at radius 2 is 1.58 bits per heavy atom. The highest BCUT2D eigenvalue weighted by atomic mass is 16.6. The normalized spacial score (nSPS) is 8.67. The van der Waals surface area contributed by atoms with Crippen molar-refractivity contribution < 1.29 is 34.1 Å². The monoisotopic (exact) mass is 176 g/mol. The molecule has 0 spiro atoms. The molecule has 0 aromatic heterocycles. The van der Waals surface area contributed by atoms with Gasteiger partial charge in [0, 0.05) is 0 Å². The van der Waals surface area contributed by atoms with Crippen LogP contribution in [-0.2, 0) is 23.9 Å². The fourth-order valence-corrected chi connectivity index (χ4v) is 0.280. The van der Waals surface area contributed by atoms with E-state index in [-0.39, 0.29) is 0 Å². The number of hydrogen-bond acceptors (Lipinski definition) is 5. The summed E-state index contributed by atoms with van der Waals surface area (Å²) in [6, 6.07) is 0. The highest BCUT2D eigenvalue weighted by molar-refractivity contribution is 6.59. The molecule has 0 rings (SSSR count). The summed E-state index contributed by atoms with van der Waals surface area (Å²) >= 11 is 0. The minimum atomic E-state index is -1.98. The molecule has 0 aromatic rings. The summed E-state index contributed by atoms with van der Waals surface area (Å²) in [6.45, 7) is -1.03. The number of carboxylic acids is 2. The molecule has 0 aliphatic rings. The van der Waals surface area contributed by atoms with Gasteiger partial charge in [-0.3, -0.25) is 4.79 Å². The van der Waals surface area contributed by atoms with Crippen LogP contribution in [0.15, 0.2) is 0 Å². The van der Waals surface area contributed by atoms with Crippen molar-refractivity contribution in [2.45, 2.75) is 0 Å². The average Bonchev–Trinajstić information content (AvgIpc) is 1.98. The van der Waals surface area contributed by atoms with Gasteiger partial charge in [0.2, 0.25) is 0 Å². The summed E-state index contributed by atoms with van der Waals surface area (Å²) in [6.07, 6.45) is 0. The molecule has 0 bridgehead atoms. The first-order valence-electron chi connectivity index (χ1n) is 2.61. The molecule has 0 atom stereocenters. The molecule has 66 valence electrons. The number of Topliss-reactive ketones (excluding diaryl/α,β-unsaturated/α-hetero) is 1. The number of carbonyl (C=O) groups is 4. The van der Waals surface area contributed by atoms with Gasteiger partial charge in [-0.2, -0.15) is 0 Å². The maximum Gasteiger partial charge on any atom is 0.387 e. The van der Waals surface area contributed by atoms with E-state index < -0.39 is 30.3 Å². The van der Waals surface area contributed by atoms with Gasteiger partial charge >= 0.3 is 23.7 Å². The molecule has 0 aromatic carbocycles. The molecule has 0 amide bonds. The van der Waals surface area contributed by atoms with Gasteiger partial charge in [0.25, 0.3) is 0 Å². The second-order valence-electron chi connectivity index (χ2n) is 1.60. The lowest BCUT2D eigenvalue weighted by Gasteiger charge is -1.95. The Balaban J connectivity index is 3.97. The smallest absolute Gasteiger partial charge is 0.387 e. The predicted octanol–water partition coefficient (Wildman–Crippen LogP) is -1.73. The maximum atomic E-state index is 10.3. The van der Waals surface area contributed by atoms with Gasteiger partial charge in [0.1, 0.15) is 0 Å². The van der Waals surface area contributed by atoms with Crippen molar-refractivity contribution in [3.63, 3.8) is 0 Å². The Morgan fingerprint density at radius 3 is 1.92 bits per heavy atom. The minimum absolute atomic E-state index is 1.03. The van der Waals surface area contributed by atoms with Gasteiger partial charge in [0.05, 0.1) is 0 Å². The van der Waals surface area contributed by atoms with E-state index in [1.54, 1.807) is 0 Å². The molecule has 0 saturated carbocycles. The Labute approximate surface area is 65.5 Å². The average molecular weight is 176 g/mol. The molecule has 12 heavy (non-hydrogen) atoms. The van der Waals surface area contributed by atoms with Crippen molar-refractivity contribution in [2.75, 3.05) is 6.61 Å². The van der Waals surface area contributed by atoms with E-state index in [1.165, 1.54) is 0 Å². The molecule has 0 aliphatic heterocycles. The van der Waals surface area contributed by atoms with Crippen molar-refractivity contribution >= 4 is 23.7 Å². The summed E-state index contributed by atoms with van der Waals surface area (Å²) in [5, 5.41) is 15.9. The second-order valence-corrected chi connectivity index (χ2v) is 1.60. The molecule has 0 fully saturated rings. The van der Waals surface area contributed by atoms with Crippen LogP contribution < -0.4 is 0 Å². The Hall–Kier alpha value is -1.92. The maximum absolute atomic E-state index is 10.3. The zero-order valence-corrected chi connectivity index (χ0v) is 5.64. The van der Waals surface area contributed by atoms with Crippen molar-refractivity contribution in [1.82, 2.24) is 0 Å². The minimum Gasteiger partial charge on any atom is -0.479 e. The Bertz CT molecular complexity index is 240. The molecule has 0 saturated heterocycles. The number of ketones is 1. The number of carbonyl (C=O) groups excluding carboxylic acids is 2. The highest BCUT2D eigenvalue weighted by Crippen LogP contribution is 1.81. The van der Waals surface area contributed by atoms with Crippen LogP contribution in [0, 0.1) is 0 Å². The summed E-state index contributed by atoms with van der Waals surface area (Å²) in [5.74, 6) is -6.94. The summed E-state index contributed by atoms with van der Waals surface area (Å²) < 4.78 is 3.76. The topological polar surface area (TPSA) is 118 Å². The van der Waals surface area contributed by atoms with E-state index in [2.05, 4.69) is 4.74 Å². The van der Waals surface area contributed by atoms with E-state index in [1.807, 2.05) is 0 Å². The molecule has 2 N–H and O–H groups in total. The first kappa shape index (κ1) is 10.1. The van der Waals surface area contributed by atoms with E-state index in [0.717, 1.165) is 0 Å². The van der Waals surface area contributed by atoms with Crippen LogP contribution in [0.4, 0.5) is 0 Å². The third kappa shape index (κ3) is 3.30. The number of rotatable bonds is 4. The fraction of sp³-hybridized carbons (Fsp3) is 0.200. The van der Waals surface area contributed by atoms with Crippen LogP contribution in [0.3, 0.4) is 0 Å². The second kappa shape index (κ2) is 4.06. The molecular weight excluding hydrogens is 172 g/mol. The number of carboxylic acid groups (broad SMARTS) is 2. The van der Waals surface area contributed by atoms with E-state index in [4.69, 9.17) is 10.2 Å². The third-order valence-corrected chi connectivity index (χ3v) is 0.706. The number of esters is 1. The first-order valence-corrected chi connectivity index (χ1v) is 2.61. The van der Waals surface area contributed by atoms with Crippen LogP contribution in [-0.4, -0.2) is 40.5 Å². The number of aliphatic carboxylic acids is 2. The van der Waals surface area contributed by atoms with Crippen LogP contribution in [0.1, 0.15) is 0 Å². The molecular formula is C5H4O7. The van der Waals surface area contributed by atoms with Gasteiger partial charge in [-0.25, -0.2) is 14.4 Å². The molecule has 7 heteroatoms. The standard InChI is InChI=1S/C5H4O7/c6-2(7)1-12-5(11)3(8)4(9)10/h1H2,(H,6,7)(H,9,10). The zero-order chi connectivity index (χ0) is 9.72. The SMILES string of the molecule is O=C(O)COC(=O)C(=O)C(=O)O. The van der Waals surface area contributed by atoms with Gasteiger partial charge in [-0.1, -0.05) is 0 Å². The first-order chi connectivity index (χ1) is 5.45. The molecule has 7 nitrogen and oxygen atoms in total. The van der Waals surface area contributed by atoms with Crippen LogP contribution in [0.2, 0.25) is 0 Å². The Kier molecular flexibility index (Phi) is 3.41. The summed E-state index contributed by atoms with van der Waals surface area (Å²) in [4.78, 5) is 40.0. The predicted molar refractivity (Wildman–Crippen MR) is 31.2 cm³/mol. The van der Waals surface area contributed by atoms with E-state index in [9.17, 15) is 19.2 Å². The quantitative estimate of drug-likeness (QED) is 0.296. The van der Waals surface area contributed by atoms with Gasteiger partial charge in [-0.05, 0) is 0 Å². The third-order valence-electron chi connectivity index (χ3n) is 0.706. The summed E-state index contributed by atoms with van der Waals surface area (Å²) in [7, 11) is 0. The van der Waals surface area contributed by atoms with E-state index >= 15 is 0 Å². The largest absolute Gasteiger partial charge is 0.479 e. The highest BCUT2D eigenvalue weighted by Gasteiger charge is 2.23. The van der Waals surface area contributed by atoms with Crippen LogP contribution >= 0.6 is 0 Å². The van der Waals surface area contributed by atoms with Crippen molar-refractivity contribution in [1.29, 1.82) is 0 Å². The van der Waals surface area contributed by atoms with E-state index in [0.29, 0.717) is 0 Å². The van der Waals surface area contributed by atoms with Crippen LogP contribution in [0.25, 0.3) is 0 Å². The molecule has 0 unspecified atom stereocenters. The molecule has 0 aliphatic carbocycles. The van der Waals surface area contributed by atoms with Crippen molar-refractivity contribution in [2.24, 2.45) is 0 Å². The molecule has 0 heterocycles. The van der Waals surface area contributed by atoms with Crippen molar-refractivity contribution in [3.8, 4) is 0 Å².